The van der Waals surface area contributed by atoms with Crippen molar-refractivity contribution < 1.29 is 0 Å². The Morgan fingerprint density at radius 1 is 1.16 bits per heavy atom. The molecule has 0 radical (unpaired) electrons. The molecule has 0 aromatic heterocycles. The van der Waals surface area contributed by atoms with Gasteiger partial charge in [0.2, 0.25) is 0 Å². The highest BCUT2D eigenvalue weighted by Gasteiger charge is 2.13. The van der Waals surface area contributed by atoms with Crippen molar-refractivity contribution >= 4 is 39.1 Å². The van der Waals surface area contributed by atoms with Gasteiger partial charge in [-0.15, -0.1) is 0 Å². The van der Waals surface area contributed by atoms with Crippen LogP contribution in [0.3, 0.4) is 0 Å². The van der Waals surface area contributed by atoms with Crippen LogP contribution in [0.5, 0.6) is 0 Å². The lowest BCUT2D eigenvalue weighted by atomic mass is 9.99. The summed E-state index contributed by atoms with van der Waals surface area (Å²) in [5, 5.41) is 1.41. The molecule has 1 unspecified atom stereocenters. The van der Waals surface area contributed by atoms with Gasteiger partial charge in [0.05, 0.1) is 6.04 Å². The molecule has 100 valence electrons. The Hall–Kier alpha value is -0.580. The van der Waals surface area contributed by atoms with Crippen LogP contribution in [0.4, 0.5) is 0 Å². The predicted molar refractivity (Wildman–Crippen MR) is 84.4 cm³/mol. The topological polar surface area (TPSA) is 38.0 Å². The van der Waals surface area contributed by atoms with Gasteiger partial charge in [0.25, 0.3) is 0 Å². The fraction of sp³-hybridized carbons (Fsp3) is 0.143. The lowest BCUT2D eigenvalue weighted by Crippen LogP contribution is -2.29. The summed E-state index contributed by atoms with van der Waals surface area (Å²) in [7, 11) is 0. The fourth-order valence-electron chi connectivity index (χ4n) is 1.90. The molecule has 19 heavy (non-hydrogen) atoms. The van der Waals surface area contributed by atoms with Crippen molar-refractivity contribution in [2.24, 2.45) is 5.84 Å². The van der Waals surface area contributed by atoms with E-state index in [-0.39, 0.29) is 6.04 Å². The van der Waals surface area contributed by atoms with E-state index in [1.54, 1.807) is 0 Å². The van der Waals surface area contributed by atoms with Gasteiger partial charge in [-0.1, -0.05) is 57.3 Å². The largest absolute Gasteiger partial charge is 0.271 e. The summed E-state index contributed by atoms with van der Waals surface area (Å²) >= 11 is 15.6. The molecule has 2 aromatic carbocycles. The molecule has 0 aliphatic carbocycles. The van der Waals surface area contributed by atoms with E-state index in [1.807, 2.05) is 42.5 Å². The van der Waals surface area contributed by atoms with E-state index >= 15 is 0 Å². The van der Waals surface area contributed by atoms with Crippen molar-refractivity contribution in [1.29, 1.82) is 0 Å². The number of rotatable bonds is 4. The quantitative estimate of drug-likeness (QED) is 0.622. The van der Waals surface area contributed by atoms with Crippen LogP contribution in [0.1, 0.15) is 17.2 Å². The normalized spacial score (nSPS) is 12.4. The summed E-state index contributed by atoms with van der Waals surface area (Å²) in [5.41, 5.74) is 4.88. The van der Waals surface area contributed by atoms with Crippen molar-refractivity contribution in [2.75, 3.05) is 0 Å². The summed E-state index contributed by atoms with van der Waals surface area (Å²) in [4.78, 5) is 0. The van der Waals surface area contributed by atoms with Crippen LogP contribution in [-0.4, -0.2) is 0 Å². The van der Waals surface area contributed by atoms with E-state index in [1.165, 1.54) is 0 Å². The van der Waals surface area contributed by atoms with Gasteiger partial charge in [0, 0.05) is 14.5 Å². The Morgan fingerprint density at radius 2 is 1.95 bits per heavy atom. The van der Waals surface area contributed by atoms with Crippen LogP contribution >= 0.6 is 39.1 Å². The number of benzene rings is 2. The molecule has 3 N–H and O–H groups in total. The molecule has 0 heterocycles. The first kappa shape index (κ1) is 14.8. The molecule has 0 aliphatic heterocycles. The van der Waals surface area contributed by atoms with Crippen molar-refractivity contribution in [1.82, 2.24) is 5.43 Å². The Kier molecular flexibility index (Phi) is 5.25. The van der Waals surface area contributed by atoms with Gasteiger partial charge in [-0.05, 0) is 41.8 Å². The highest BCUT2D eigenvalue weighted by molar-refractivity contribution is 9.10. The van der Waals surface area contributed by atoms with Gasteiger partial charge in [-0.25, -0.2) is 0 Å². The molecule has 0 saturated carbocycles. The van der Waals surface area contributed by atoms with E-state index < -0.39 is 0 Å². The zero-order valence-corrected chi connectivity index (χ0v) is 13.1. The number of hydrazine groups is 1. The number of nitrogens with two attached hydrogens (primary N) is 1. The third-order valence-corrected chi connectivity index (χ3v) is 3.97. The monoisotopic (exact) mass is 358 g/mol. The number of hydrogen-bond acceptors (Lipinski definition) is 2. The van der Waals surface area contributed by atoms with Gasteiger partial charge in [-0.2, -0.15) is 0 Å². The van der Waals surface area contributed by atoms with E-state index in [4.69, 9.17) is 29.0 Å². The molecule has 0 saturated heterocycles. The highest BCUT2D eigenvalue weighted by Crippen LogP contribution is 2.27. The van der Waals surface area contributed by atoms with E-state index in [2.05, 4.69) is 21.4 Å². The fourth-order valence-corrected chi connectivity index (χ4v) is 2.85. The van der Waals surface area contributed by atoms with Crippen LogP contribution in [0.25, 0.3) is 0 Å². The minimum atomic E-state index is -0.0302. The van der Waals surface area contributed by atoms with Gasteiger partial charge in [0.15, 0.2) is 0 Å². The number of hydrogen-bond donors (Lipinski definition) is 2. The smallest absolute Gasteiger partial charge is 0.0501 e. The standard InChI is InChI=1S/C14H13BrCl2N2/c15-11-5-4-9(13(17)8-11)7-14(19-18)10-2-1-3-12(16)6-10/h1-6,8,14,19H,7,18H2. The Balaban J connectivity index is 2.24. The third-order valence-electron chi connectivity index (χ3n) is 2.89. The summed E-state index contributed by atoms with van der Waals surface area (Å²) in [5.74, 6) is 5.64. The molecule has 0 spiro atoms. The zero-order valence-electron chi connectivity index (χ0n) is 10.0. The molecule has 2 aromatic rings. The lowest BCUT2D eigenvalue weighted by Gasteiger charge is -2.17. The summed E-state index contributed by atoms with van der Waals surface area (Å²) in [6, 6.07) is 13.4. The number of halogens is 3. The Bertz CT molecular complexity index is 575. The molecule has 0 bridgehead atoms. The average Bonchev–Trinajstić information content (AvgIpc) is 2.38. The van der Waals surface area contributed by atoms with Gasteiger partial charge in [-0.3, -0.25) is 11.3 Å². The van der Waals surface area contributed by atoms with Crippen molar-refractivity contribution in [3.8, 4) is 0 Å². The SMILES string of the molecule is NNC(Cc1ccc(Br)cc1Cl)c1cccc(Cl)c1. The van der Waals surface area contributed by atoms with Crippen LogP contribution < -0.4 is 11.3 Å². The lowest BCUT2D eigenvalue weighted by molar-refractivity contribution is 0.552. The maximum atomic E-state index is 6.22. The van der Waals surface area contributed by atoms with Crippen molar-refractivity contribution in [3.05, 3.63) is 68.1 Å². The zero-order chi connectivity index (χ0) is 13.8. The Labute approximate surface area is 131 Å². The molecular weight excluding hydrogens is 347 g/mol. The van der Waals surface area contributed by atoms with Crippen LogP contribution in [-0.2, 0) is 6.42 Å². The first-order chi connectivity index (χ1) is 9.10. The molecule has 0 amide bonds. The van der Waals surface area contributed by atoms with E-state index in [0.717, 1.165) is 20.6 Å². The summed E-state index contributed by atoms with van der Waals surface area (Å²) < 4.78 is 0.960. The van der Waals surface area contributed by atoms with Gasteiger partial charge >= 0.3 is 0 Å². The summed E-state index contributed by atoms with van der Waals surface area (Å²) in [6.07, 6.45) is 0.697. The maximum Gasteiger partial charge on any atom is 0.0501 e. The van der Waals surface area contributed by atoms with Crippen LogP contribution in [0.2, 0.25) is 10.0 Å². The average molecular weight is 360 g/mol. The first-order valence-electron chi connectivity index (χ1n) is 5.75. The molecule has 2 rings (SSSR count). The second kappa shape index (κ2) is 6.73. The second-order valence-electron chi connectivity index (χ2n) is 4.21. The molecule has 5 heteroatoms. The molecular formula is C14H13BrCl2N2. The van der Waals surface area contributed by atoms with Crippen LogP contribution in [0, 0.1) is 0 Å². The van der Waals surface area contributed by atoms with E-state index in [9.17, 15) is 0 Å². The molecule has 2 nitrogen and oxygen atoms in total. The van der Waals surface area contributed by atoms with Crippen molar-refractivity contribution in [2.45, 2.75) is 12.5 Å². The summed E-state index contributed by atoms with van der Waals surface area (Å²) in [6.45, 7) is 0. The highest BCUT2D eigenvalue weighted by atomic mass is 79.9. The third kappa shape index (κ3) is 3.94. The maximum absolute atomic E-state index is 6.22. The van der Waals surface area contributed by atoms with Gasteiger partial charge < -0.3 is 0 Å². The minimum absolute atomic E-state index is 0.0302. The van der Waals surface area contributed by atoms with Crippen molar-refractivity contribution in [3.63, 3.8) is 0 Å². The number of nitrogens with one attached hydrogen (secondary N) is 1. The van der Waals surface area contributed by atoms with Gasteiger partial charge in [0.1, 0.15) is 0 Å². The molecule has 0 aliphatic rings. The Morgan fingerprint density at radius 3 is 2.58 bits per heavy atom. The second-order valence-corrected chi connectivity index (χ2v) is 5.97. The van der Waals surface area contributed by atoms with Crippen LogP contribution in [0.15, 0.2) is 46.9 Å². The molecule has 0 fully saturated rings. The predicted octanol–water partition coefficient (Wildman–Crippen LogP) is 4.50. The van der Waals surface area contributed by atoms with E-state index in [0.29, 0.717) is 11.4 Å². The minimum Gasteiger partial charge on any atom is -0.271 e. The first-order valence-corrected chi connectivity index (χ1v) is 7.30. The molecule has 1 atom stereocenters.